The lowest BCUT2D eigenvalue weighted by molar-refractivity contribution is 0.707. The molecule has 0 aliphatic carbocycles. The van der Waals surface area contributed by atoms with E-state index in [0.717, 1.165) is 29.4 Å². The minimum atomic E-state index is 0.393. The summed E-state index contributed by atoms with van der Waals surface area (Å²) in [6, 6.07) is 17.4. The van der Waals surface area contributed by atoms with Gasteiger partial charge in [0.25, 0.3) is 0 Å². The standard InChI is InChI=1S/C24H26N4S/c1-17(2)28-13-7-10-20-15-25-24(27-23(20)28)26-22-12-11-21(14-18(22)3)29-16-19-8-5-4-6-9-19/h4-12,14-15,17H,13,16H2,1-3H3,(H,25,26,27). The van der Waals surface area contributed by atoms with Gasteiger partial charge in [0.15, 0.2) is 0 Å². The summed E-state index contributed by atoms with van der Waals surface area (Å²) in [6.07, 6.45) is 6.16. The SMILES string of the molecule is Cc1cc(SCc2ccccc2)ccc1Nc1ncc2c(n1)N(C(C)C)CC=C2. The zero-order chi connectivity index (χ0) is 20.2. The summed E-state index contributed by atoms with van der Waals surface area (Å²) in [7, 11) is 0. The van der Waals surface area contributed by atoms with Crippen LogP contribution in [0.3, 0.4) is 0 Å². The molecular weight excluding hydrogens is 376 g/mol. The Balaban J connectivity index is 1.48. The van der Waals surface area contributed by atoms with Gasteiger partial charge in [0, 0.05) is 40.7 Å². The van der Waals surface area contributed by atoms with Crippen molar-refractivity contribution < 1.29 is 0 Å². The van der Waals surface area contributed by atoms with Crippen molar-refractivity contribution in [3.8, 4) is 0 Å². The second-order valence-electron chi connectivity index (χ2n) is 7.50. The van der Waals surface area contributed by atoms with Crippen LogP contribution in [0.5, 0.6) is 0 Å². The van der Waals surface area contributed by atoms with Crippen molar-refractivity contribution in [2.24, 2.45) is 0 Å². The molecule has 0 radical (unpaired) electrons. The Hall–Kier alpha value is -2.79. The van der Waals surface area contributed by atoms with Crippen molar-refractivity contribution in [2.75, 3.05) is 16.8 Å². The van der Waals surface area contributed by atoms with Crippen LogP contribution in [0.15, 0.2) is 65.7 Å². The van der Waals surface area contributed by atoms with Gasteiger partial charge in [-0.3, -0.25) is 0 Å². The Morgan fingerprint density at radius 2 is 1.97 bits per heavy atom. The summed E-state index contributed by atoms with van der Waals surface area (Å²) < 4.78 is 0. The second-order valence-corrected chi connectivity index (χ2v) is 8.55. The molecule has 2 heterocycles. The first-order valence-electron chi connectivity index (χ1n) is 9.95. The lowest BCUT2D eigenvalue weighted by Crippen LogP contribution is -2.33. The van der Waals surface area contributed by atoms with Crippen LogP contribution >= 0.6 is 11.8 Å². The van der Waals surface area contributed by atoms with Crippen molar-refractivity contribution in [3.63, 3.8) is 0 Å². The Bertz CT molecular complexity index is 1010. The largest absolute Gasteiger partial charge is 0.350 e. The molecule has 0 unspecified atom stereocenters. The second kappa shape index (κ2) is 8.70. The van der Waals surface area contributed by atoms with Crippen LogP contribution in [0.4, 0.5) is 17.5 Å². The molecule has 3 aromatic rings. The number of rotatable bonds is 6. The van der Waals surface area contributed by atoms with E-state index in [-0.39, 0.29) is 0 Å². The third-order valence-electron chi connectivity index (χ3n) is 4.98. The molecule has 1 aliphatic heterocycles. The molecule has 0 saturated heterocycles. The highest BCUT2D eigenvalue weighted by atomic mass is 32.2. The smallest absolute Gasteiger partial charge is 0.229 e. The molecular formula is C24H26N4S. The summed E-state index contributed by atoms with van der Waals surface area (Å²) in [5, 5.41) is 3.40. The van der Waals surface area contributed by atoms with Crippen LogP contribution in [0, 0.1) is 6.92 Å². The highest BCUT2D eigenvalue weighted by Gasteiger charge is 2.18. The molecule has 1 N–H and O–H groups in total. The minimum Gasteiger partial charge on any atom is -0.350 e. The molecule has 0 atom stereocenters. The topological polar surface area (TPSA) is 41.1 Å². The van der Waals surface area contributed by atoms with Crippen molar-refractivity contribution in [1.29, 1.82) is 0 Å². The maximum absolute atomic E-state index is 4.80. The molecule has 0 bridgehead atoms. The van der Waals surface area contributed by atoms with E-state index in [2.05, 4.69) is 96.7 Å². The Morgan fingerprint density at radius 3 is 2.72 bits per heavy atom. The Labute approximate surface area is 177 Å². The molecule has 2 aromatic carbocycles. The Morgan fingerprint density at radius 1 is 1.14 bits per heavy atom. The van der Waals surface area contributed by atoms with E-state index in [1.54, 1.807) is 0 Å². The normalized spacial score (nSPS) is 12.9. The van der Waals surface area contributed by atoms with Crippen LogP contribution in [-0.2, 0) is 5.75 Å². The van der Waals surface area contributed by atoms with Gasteiger partial charge in [-0.1, -0.05) is 42.5 Å². The van der Waals surface area contributed by atoms with E-state index in [0.29, 0.717) is 12.0 Å². The summed E-state index contributed by atoms with van der Waals surface area (Å²) >= 11 is 1.85. The van der Waals surface area contributed by atoms with Crippen molar-refractivity contribution in [3.05, 3.63) is 77.5 Å². The highest BCUT2D eigenvalue weighted by molar-refractivity contribution is 7.98. The number of nitrogens with zero attached hydrogens (tertiary/aromatic N) is 3. The quantitative estimate of drug-likeness (QED) is 0.507. The highest BCUT2D eigenvalue weighted by Crippen LogP contribution is 2.30. The predicted octanol–water partition coefficient (Wildman–Crippen LogP) is 6.06. The van der Waals surface area contributed by atoms with Crippen LogP contribution in [0.2, 0.25) is 0 Å². The predicted molar refractivity (Wildman–Crippen MR) is 124 cm³/mol. The molecule has 5 heteroatoms. The van der Waals surface area contributed by atoms with Gasteiger partial charge in [-0.25, -0.2) is 4.98 Å². The maximum Gasteiger partial charge on any atom is 0.229 e. The summed E-state index contributed by atoms with van der Waals surface area (Å²) in [5.41, 5.74) is 4.63. The van der Waals surface area contributed by atoms with Crippen molar-refractivity contribution >= 4 is 35.3 Å². The van der Waals surface area contributed by atoms with E-state index < -0.39 is 0 Å². The fourth-order valence-corrected chi connectivity index (χ4v) is 4.30. The number of benzene rings is 2. The number of nitrogens with one attached hydrogen (secondary N) is 1. The number of aryl methyl sites for hydroxylation is 1. The first-order chi connectivity index (χ1) is 14.1. The lowest BCUT2D eigenvalue weighted by Gasteiger charge is -2.30. The van der Waals surface area contributed by atoms with Gasteiger partial charge in [0.1, 0.15) is 5.82 Å². The van der Waals surface area contributed by atoms with E-state index in [1.165, 1.54) is 16.0 Å². The summed E-state index contributed by atoms with van der Waals surface area (Å²) in [5.74, 6) is 2.60. The number of fused-ring (bicyclic) bond motifs is 1. The fraction of sp³-hybridized carbons (Fsp3) is 0.250. The average Bonchev–Trinajstić information content (AvgIpc) is 2.74. The molecule has 148 valence electrons. The number of thioether (sulfide) groups is 1. The van der Waals surface area contributed by atoms with Crippen LogP contribution < -0.4 is 10.2 Å². The number of hydrogen-bond acceptors (Lipinski definition) is 5. The first kappa shape index (κ1) is 19.5. The number of anilines is 3. The average molecular weight is 403 g/mol. The van der Waals surface area contributed by atoms with Crippen LogP contribution in [0.1, 0.15) is 30.5 Å². The van der Waals surface area contributed by atoms with Crippen molar-refractivity contribution in [2.45, 2.75) is 37.5 Å². The zero-order valence-electron chi connectivity index (χ0n) is 17.1. The van der Waals surface area contributed by atoms with Crippen LogP contribution in [-0.4, -0.2) is 22.6 Å². The minimum absolute atomic E-state index is 0.393. The van der Waals surface area contributed by atoms with Gasteiger partial charge in [0.2, 0.25) is 5.95 Å². The molecule has 0 saturated carbocycles. The van der Waals surface area contributed by atoms with E-state index in [9.17, 15) is 0 Å². The molecule has 29 heavy (non-hydrogen) atoms. The fourth-order valence-electron chi connectivity index (χ4n) is 3.35. The summed E-state index contributed by atoms with van der Waals surface area (Å²) in [6.45, 7) is 7.38. The van der Waals surface area contributed by atoms with Gasteiger partial charge in [-0.05, 0) is 50.1 Å². The van der Waals surface area contributed by atoms with Crippen LogP contribution in [0.25, 0.3) is 6.08 Å². The Kier molecular flexibility index (Phi) is 5.86. The third-order valence-corrected chi connectivity index (χ3v) is 6.05. The molecule has 0 amide bonds. The van der Waals surface area contributed by atoms with Gasteiger partial charge >= 0.3 is 0 Å². The molecule has 0 spiro atoms. The van der Waals surface area contributed by atoms with Gasteiger partial charge < -0.3 is 10.2 Å². The van der Waals surface area contributed by atoms with Gasteiger partial charge in [0.05, 0.1) is 0 Å². The van der Waals surface area contributed by atoms with Gasteiger partial charge in [-0.2, -0.15) is 4.98 Å². The molecule has 0 fully saturated rings. The van der Waals surface area contributed by atoms with E-state index in [4.69, 9.17) is 4.98 Å². The molecule has 4 nitrogen and oxygen atoms in total. The van der Waals surface area contributed by atoms with E-state index in [1.807, 2.05) is 18.0 Å². The first-order valence-corrected chi connectivity index (χ1v) is 10.9. The molecule has 1 aromatic heterocycles. The molecule has 1 aliphatic rings. The lowest BCUT2D eigenvalue weighted by atomic mass is 10.1. The summed E-state index contributed by atoms with van der Waals surface area (Å²) in [4.78, 5) is 12.9. The third kappa shape index (κ3) is 4.62. The number of aromatic nitrogens is 2. The maximum atomic E-state index is 4.80. The molecule has 4 rings (SSSR count). The van der Waals surface area contributed by atoms with E-state index >= 15 is 0 Å². The van der Waals surface area contributed by atoms with Gasteiger partial charge in [-0.15, -0.1) is 11.8 Å². The monoisotopic (exact) mass is 402 g/mol. The number of hydrogen-bond donors (Lipinski definition) is 1. The van der Waals surface area contributed by atoms with Crippen molar-refractivity contribution in [1.82, 2.24) is 9.97 Å². The zero-order valence-corrected chi connectivity index (χ0v) is 17.9.